The highest BCUT2D eigenvalue weighted by Gasteiger charge is 2.02. The lowest BCUT2D eigenvalue weighted by Crippen LogP contribution is -2.22. The lowest BCUT2D eigenvalue weighted by atomic mass is 10.3. The van der Waals surface area contributed by atoms with Crippen molar-refractivity contribution < 1.29 is 9.18 Å². The molecule has 0 saturated carbocycles. The van der Waals surface area contributed by atoms with E-state index in [0.29, 0.717) is 5.82 Å². The van der Waals surface area contributed by atoms with Gasteiger partial charge in [0.2, 0.25) is 5.91 Å². The van der Waals surface area contributed by atoms with Crippen LogP contribution >= 0.6 is 0 Å². The molecule has 4 nitrogen and oxygen atoms in total. The molecule has 0 spiro atoms. The van der Waals surface area contributed by atoms with Gasteiger partial charge in [0.1, 0.15) is 11.6 Å². The molecule has 1 aromatic carbocycles. The van der Waals surface area contributed by atoms with Crippen LogP contribution in [0.2, 0.25) is 0 Å². The van der Waals surface area contributed by atoms with Gasteiger partial charge in [0.25, 0.3) is 0 Å². The molecule has 1 amide bonds. The van der Waals surface area contributed by atoms with Crippen molar-refractivity contribution in [3.63, 3.8) is 0 Å². The second kappa shape index (κ2) is 5.77. The van der Waals surface area contributed by atoms with Crippen LogP contribution in [0.15, 0.2) is 48.7 Å². The van der Waals surface area contributed by atoms with Crippen LogP contribution in [-0.4, -0.2) is 17.4 Å². The van der Waals surface area contributed by atoms with E-state index in [-0.39, 0.29) is 12.5 Å². The van der Waals surface area contributed by atoms with E-state index in [4.69, 9.17) is 0 Å². The fourth-order valence-electron chi connectivity index (χ4n) is 1.38. The minimum absolute atomic E-state index is 0.128. The summed E-state index contributed by atoms with van der Waals surface area (Å²) in [4.78, 5) is 15.3. The number of amides is 1. The summed E-state index contributed by atoms with van der Waals surface area (Å²) in [5, 5.41) is 5.52. The largest absolute Gasteiger partial charge is 0.376 e. The van der Waals surface area contributed by atoms with Crippen molar-refractivity contribution >= 4 is 17.4 Å². The van der Waals surface area contributed by atoms with Crippen LogP contribution in [0.5, 0.6) is 0 Å². The zero-order chi connectivity index (χ0) is 12.8. The maximum absolute atomic E-state index is 12.6. The third kappa shape index (κ3) is 3.55. The molecule has 2 rings (SSSR count). The minimum atomic E-state index is -0.435. The van der Waals surface area contributed by atoms with Crippen LogP contribution < -0.4 is 10.6 Å². The molecule has 92 valence electrons. The molecule has 0 aliphatic carbocycles. The van der Waals surface area contributed by atoms with Crippen molar-refractivity contribution in [1.82, 2.24) is 4.98 Å². The molecular formula is C13H12FN3O. The molecule has 2 aromatic rings. The summed E-state index contributed by atoms with van der Waals surface area (Å²) in [6, 6.07) is 12.0. The third-order valence-electron chi connectivity index (χ3n) is 2.22. The predicted octanol–water partition coefficient (Wildman–Crippen LogP) is 2.27. The van der Waals surface area contributed by atoms with Gasteiger partial charge in [0.15, 0.2) is 0 Å². The molecule has 0 atom stereocenters. The van der Waals surface area contributed by atoms with Crippen molar-refractivity contribution in [3.05, 3.63) is 54.5 Å². The monoisotopic (exact) mass is 245 g/mol. The second-order valence-electron chi connectivity index (χ2n) is 3.63. The summed E-state index contributed by atoms with van der Waals surface area (Å²) in [5.74, 6) is -0.343. The van der Waals surface area contributed by atoms with E-state index >= 15 is 0 Å². The molecule has 1 aromatic heterocycles. The van der Waals surface area contributed by atoms with E-state index < -0.39 is 5.82 Å². The van der Waals surface area contributed by atoms with Gasteiger partial charge < -0.3 is 10.6 Å². The van der Waals surface area contributed by atoms with E-state index in [1.54, 1.807) is 0 Å². The summed E-state index contributed by atoms with van der Waals surface area (Å²) in [5.41, 5.74) is 0.861. The Morgan fingerprint density at radius 1 is 1.17 bits per heavy atom. The summed E-state index contributed by atoms with van der Waals surface area (Å²) in [6.07, 6.45) is 1.06. The Labute approximate surface area is 104 Å². The summed E-state index contributed by atoms with van der Waals surface area (Å²) >= 11 is 0. The lowest BCUT2D eigenvalue weighted by Gasteiger charge is -2.06. The van der Waals surface area contributed by atoms with Crippen molar-refractivity contribution in [2.24, 2.45) is 0 Å². The maximum Gasteiger partial charge on any atom is 0.244 e. The first kappa shape index (κ1) is 12.0. The van der Waals surface area contributed by atoms with Crippen molar-refractivity contribution in [2.45, 2.75) is 0 Å². The van der Waals surface area contributed by atoms with Crippen LogP contribution in [0.3, 0.4) is 0 Å². The van der Waals surface area contributed by atoms with Crippen LogP contribution in [0, 0.1) is 5.82 Å². The molecule has 0 radical (unpaired) electrons. The SMILES string of the molecule is O=C(CNc1ccccc1)Nc1ccc(F)cn1. The fraction of sp³-hybridized carbons (Fsp3) is 0.0769. The summed E-state index contributed by atoms with van der Waals surface area (Å²) < 4.78 is 12.6. The average Bonchev–Trinajstić information content (AvgIpc) is 2.40. The lowest BCUT2D eigenvalue weighted by molar-refractivity contribution is -0.114. The third-order valence-corrected chi connectivity index (χ3v) is 2.22. The number of aromatic nitrogens is 1. The molecule has 0 aliphatic heterocycles. The number of carbonyl (C=O) groups excluding carboxylic acids is 1. The number of anilines is 2. The van der Waals surface area contributed by atoms with Gasteiger partial charge in [-0.15, -0.1) is 0 Å². The van der Waals surface area contributed by atoms with Gasteiger partial charge in [0.05, 0.1) is 12.7 Å². The topological polar surface area (TPSA) is 54.0 Å². The quantitative estimate of drug-likeness (QED) is 0.868. The number of carbonyl (C=O) groups is 1. The Morgan fingerprint density at radius 2 is 1.94 bits per heavy atom. The smallest absolute Gasteiger partial charge is 0.244 e. The number of rotatable bonds is 4. The van der Waals surface area contributed by atoms with E-state index in [9.17, 15) is 9.18 Å². The molecule has 0 saturated heterocycles. The molecule has 2 N–H and O–H groups in total. The first-order chi connectivity index (χ1) is 8.74. The highest BCUT2D eigenvalue weighted by atomic mass is 19.1. The van der Waals surface area contributed by atoms with Crippen LogP contribution in [0.25, 0.3) is 0 Å². The Kier molecular flexibility index (Phi) is 3.86. The standard InChI is InChI=1S/C13H12FN3O/c14-10-6-7-12(16-8-10)17-13(18)9-15-11-4-2-1-3-5-11/h1-8,15H,9H2,(H,16,17,18). The Hall–Kier alpha value is -2.43. The van der Waals surface area contributed by atoms with Crippen LogP contribution in [0.4, 0.5) is 15.9 Å². The first-order valence-corrected chi connectivity index (χ1v) is 5.44. The molecule has 0 unspecified atom stereocenters. The number of hydrogen-bond acceptors (Lipinski definition) is 3. The molecule has 0 bridgehead atoms. The Morgan fingerprint density at radius 3 is 2.61 bits per heavy atom. The highest BCUT2D eigenvalue weighted by molar-refractivity contribution is 5.92. The second-order valence-corrected chi connectivity index (χ2v) is 3.63. The van der Waals surface area contributed by atoms with Gasteiger partial charge in [-0.1, -0.05) is 18.2 Å². The number of para-hydroxylation sites is 1. The maximum atomic E-state index is 12.6. The predicted molar refractivity (Wildman–Crippen MR) is 67.8 cm³/mol. The minimum Gasteiger partial charge on any atom is -0.376 e. The van der Waals surface area contributed by atoms with Gasteiger partial charge in [-0.3, -0.25) is 4.79 Å². The average molecular weight is 245 g/mol. The number of benzene rings is 1. The zero-order valence-electron chi connectivity index (χ0n) is 9.56. The summed E-state index contributed by atoms with van der Waals surface area (Å²) in [6.45, 7) is 0.128. The molecule has 5 heteroatoms. The highest BCUT2D eigenvalue weighted by Crippen LogP contribution is 2.05. The van der Waals surface area contributed by atoms with Crippen molar-refractivity contribution in [3.8, 4) is 0 Å². The van der Waals surface area contributed by atoms with E-state index in [1.165, 1.54) is 12.1 Å². The zero-order valence-corrected chi connectivity index (χ0v) is 9.56. The molecule has 0 fully saturated rings. The first-order valence-electron chi connectivity index (χ1n) is 5.44. The van der Waals surface area contributed by atoms with Crippen LogP contribution in [-0.2, 0) is 4.79 Å². The number of nitrogens with zero attached hydrogens (tertiary/aromatic N) is 1. The van der Waals surface area contributed by atoms with E-state index in [2.05, 4.69) is 15.6 Å². The number of nitrogens with one attached hydrogen (secondary N) is 2. The number of halogens is 1. The van der Waals surface area contributed by atoms with Crippen molar-refractivity contribution in [2.75, 3.05) is 17.2 Å². The van der Waals surface area contributed by atoms with Gasteiger partial charge in [-0.05, 0) is 24.3 Å². The van der Waals surface area contributed by atoms with Crippen LogP contribution in [0.1, 0.15) is 0 Å². The molecule has 1 heterocycles. The van der Waals surface area contributed by atoms with Gasteiger partial charge in [-0.2, -0.15) is 0 Å². The Bertz CT molecular complexity index is 514. The van der Waals surface area contributed by atoms with Crippen molar-refractivity contribution in [1.29, 1.82) is 0 Å². The fourth-order valence-corrected chi connectivity index (χ4v) is 1.38. The van der Waals surface area contributed by atoms with Gasteiger partial charge in [0, 0.05) is 5.69 Å². The number of hydrogen-bond donors (Lipinski definition) is 2. The van der Waals surface area contributed by atoms with Gasteiger partial charge in [-0.25, -0.2) is 9.37 Å². The number of pyridine rings is 1. The van der Waals surface area contributed by atoms with E-state index in [1.807, 2.05) is 30.3 Å². The molecule has 18 heavy (non-hydrogen) atoms. The molecular weight excluding hydrogens is 233 g/mol. The van der Waals surface area contributed by atoms with Gasteiger partial charge >= 0.3 is 0 Å². The summed E-state index contributed by atoms with van der Waals surface area (Å²) in [7, 11) is 0. The molecule has 0 aliphatic rings. The normalized spacial score (nSPS) is 9.83. The Balaban J connectivity index is 1.84. The van der Waals surface area contributed by atoms with E-state index in [0.717, 1.165) is 11.9 Å².